The Hall–Kier alpha value is -2.83. The Morgan fingerprint density at radius 1 is 1.23 bits per heavy atom. The van der Waals surface area contributed by atoms with Crippen LogP contribution in [0.3, 0.4) is 0 Å². The molecule has 2 aromatic rings. The SMILES string of the molecule is Cc1cc(=O)oc2cc(OCC(=O)O[C@@H](C)C(=O)N[C@H]3CCC[C@H](C)[C@@H]3C)ccc12. The number of hydrogen-bond donors (Lipinski definition) is 1. The first-order valence-corrected chi connectivity index (χ1v) is 10.4. The number of amides is 1. The Kier molecular flexibility index (Phi) is 6.80. The Labute approximate surface area is 175 Å². The normalized spacial score (nSPS) is 22.3. The molecule has 3 rings (SSSR count). The van der Waals surface area contributed by atoms with Gasteiger partial charge in [-0.05, 0) is 49.8 Å². The average molecular weight is 415 g/mol. The van der Waals surface area contributed by atoms with E-state index in [0.29, 0.717) is 23.2 Å². The third-order valence-electron chi connectivity index (χ3n) is 5.99. The number of carbonyl (C=O) groups is 2. The topological polar surface area (TPSA) is 94.8 Å². The second-order valence-electron chi connectivity index (χ2n) is 8.21. The number of fused-ring (bicyclic) bond motifs is 1. The summed E-state index contributed by atoms with van der Waals surface area (Å²) in [6.07, 6.45) is 2.30. The van der Waals surface area contributed by atoms with Gasteiger partial charge >= 0.3 is 11.6 Å². The summed E-state index contributed by atoms with van der Waals surface area (Å²) in [7, 11) is 0. The second-order valence-corrected chi connectivity index (χ2v) is 8.21. The van der Waals surface area contributed by atoms with E-state index >= 15 is 0 Å². The van der Waals surface area contributed by atoms with E-state index in [1.54, 1.807) is 25.1 Å². The molecule has 0 bridgehead atoms. The van der Waals surface area contributed by atoms with E-state index in [2.05, 4.69) is 19.2 Å². The lowest BCUT2D eigenvalue weighted by Gasteiger charge is -2.35. The van der Waals surface area contributed by atoms with Gasteiger partial charge in [0.2, 0.25) is 0 Å². The molecular weight excluding hydrogens is 386 g/mol. The van der Waals surface area contributed by atoms with Crippen LogP contribution < -0.4 is 15.7 Å². The molecular formula is C23H29NO6. The van der Waals surface area contributed by atoms with E-state index in [1.165, 1.54) is 12.5 Å². The number of aryl methyl sites for hydroxylation is 1. The first-order valence-electron chi connectivity index (χ1n) is 10.4. The monoisotopic (exact) mass is 415 g/mol. The van der Waals surface area contributed by atoms with Gasteiger partial charge in [-0.15, -0.1) is 0 Å². The number of nitrogens with one attached hydrogen (secondary N) is 1. The molecule has 4 atom stereocenters. The van der Waals surface area contributed by atoms with E-state index in [9.17, 15) is 14.4 Å². The Bertz CT molecular complexity index is 981. The molecule has 0 saturated heterocycles. The lowest BCUT2D eigenvalue weighted by Crippen LogP contribution is -2.47. The van der Waals surface area contributed by atoms with Gasteiger partial charge in [0.05, 0.1) is 0 Å². The molecule has 0 radical (unpaired) electrons. The van der Waals surface area contributed by atoms with E-state index in [4.69, 9.17) is 13.9 Å². The van der Waals surface area contributed by atoms with Gasteiger partial charge in [0.1, 0.15) is 11.3 Å². The highest BCUT2D eigenvalue weighted by Crippen LogP contribution is 2.29. The second kappa shape index (κ2) is 9.32. The standard InChI is InChI=1S/C23H29NO6/c1-13-6-5-7-19(15(13)3)24-23(27)16(4)29-22(26)12-28-17-8-9-18-14(2)10-21(25)30-20(18)11-17/h8-11,13,15-16,19H,5-7,12H2,1-4H3,(H,24,27)/t13-,15-,16-,19-/m0/s1. The zero-order valence-corrected chi connectivity index (χ0v) is 17.9. The lowest BCUT2D eigenvalue weighted by atomic mass is 9.78. The number of benzene rings is 1. The molecule has 1 aliphatic carbocycles. The minimum absolute atomic E-state index is 0.106. The van der Waals surface area contributed by atoms with Crippen LogP contribution in [0.1, 0.15) is 45.6 Å². The quantitative estimate of drug-likeness (QED) is 0.574. The summed E-state index contributed by atoms with van der Waals surface area (Å²) in [6, 6.07) is 6.52. The Morgan fingerprint density at radius 2 is 2.00 bits per heavy atom. The molecule has 162 valence electrons. The maximum atomic E-state index is 12.4. The molecule has 1 aromatic carbocycles. The smallest absolute Gasteiger partial charge is 0.344 e. The van der Waals surface area contributed by atoms with Crippen molar-refractivity contribution in [3.05, 3.63) is 40.2 Å². The molecule has 1 N–H and O–H groups in total. The van der Waals surface area contributed by atoms with Crippen LogP contribution in [0.15, 0.2) is 33.5 Å². The summed E-state index contributed by atoms with van der Waals surface area (Å²) in [6.45, 7) is 7.36. The third-order valence-corrected chi connectivity index (χ3v) is 5.99. The van der Waals surface area contributed by atoms with Crippen molar-refractivity contribution in [2.75, 3.05) is 6.61 Å². The van der Waals surface area contributed by atoms with Crippen molar-refractivity contribution in [1.82, 2.24) is 5.32 Å². The summed E-state index contributed by atoms with van der Waals surface area (Å²) in [4.78, 5) is 36.1. The van der Waals surface area contributed by atoms with Crippen molar-refractivity contribution in [3.8, 4) is 5.75 Å². The molecule has 0 spiro atoms. The van der Waals surface area contributed by atoms with Gasteiger partial charge in [-0.2, -0.15) is 0 Å². The molecule has 30 heavy (non-hydrogen) atoms. The third kappa shape index (κ3) is 5.20. The van der Waals surface area contributed by atoms with Crippen LogP contribution >= 0.6 is 0 Å². The van der Waals surface area contributed by atoms with E-state index in [1.807, 2.05) is 6.92 Å². The number of ether oxygens (including phenoxy) is 2. The van der Waals surface area contributed by atoms with Crippen molar-refractivity contribution >= 4 is 22.8 Å². The number of hydrogen-bond acceptors (Lipinski definition) is 6. The van der Waals surface area contributed by atoms with Crippen LogP contribution in [0.4, 0.5) is 0 Å². The van der Waals surface area contributed by atoms with Crippen molar-refractivity contribution in [2.24, 2.45) is 11.8 Å². The molecule has 0 aliphatic heterocycles. The molecule has 7 heteroatoms. The summed E-state index contributed by atoms with van der Waals surface area (Å²) in [5.74, 6) is 0.386. The minimum Gasteiger partial charge on any atom is -0.482 e. The Balaban J connectivity index is 1.52. The minimum atomic E-state index is -0.900. The van der Waals surface area contributed by atoms with Gasteiger partial charge in [0, 0.05) is 23.6 Å². The fraction of sp³-hybridized carbons (Fsp3) is 0.522. The molecule has 1 aliphatic rings. The molecule has 1 fully saturated rings. The summed E-state index contributed by atoms with van der Waals surface area (Å²) >= 11 is 0. The average Bonchev–Trinajstić information content (AvgIpc) is 2.69. The van der Waals surface area contributed by atoms with Gasteiger partial charge < -0.3 is 19.2 Å². The van der Waals surface area contributed by atoms with Crippen LogP contribution in [0.2, 0.25) is 0 Å². The van der Waals surface area contributed by atoms with Gasteiger partial charge in [-0.25, -0.2) is 9.59 Å². The van der Waals surface area contributed by atoms with Gasteiger partial charge in [-0.1, -0.05) is 26.7 Å². The maximum Gasteiger partial charge on any atom is 0.344 e. The molecule has 1 amide bonds. The van der Waals surface area contributed by atoms with Crippen molar-refractivity contribution < 1.29 is 23.5 Å². The highest BCUT2D eigenvalue weighted by molar-refractivity contribution is 5.84. The van der Waals surface area contributed by atoms with E-state index in [0.717, 1.165) is 23.8 Å². The van der Waals surface area contributed by atoms with Crippen LogP contribution in [0.25, 0.3) is 11.0 Å². The predicted molar refractivity (Wildman–Crippen MR) is 112 cm³/mol. The molecule has 0 unspecified atom stereocenters. The number of esters is 1. The molecule has 1 saturated carbocycles. The van der Waals surface area contributed by atoms with E-state index < -0.39 is 17.7 Å². The van der Waals surface area contributed by atoms with Crippen LogP contribution in [-0.4, -0.2) is 30.6 Å². The van der Waals surface area contributed by atoms with Crippen LogP contribution in [0, 0.1) is 18.8 Å². The zero-order valence-electron chi connectivity index (χ0n) is 17.9. The maximum absolute atomic E-state index is 12.4. The predicted octanol–water partition coefficient (Wildman–Crippen LogP) is 3.35. The van der Waals surface area contributed by atoms with Gasteiger partial charge in [0.15, 0.2) is 12.7 Å². The van der Waals surface area contributed by atoms with Crippen molar-refractivity contribution in [1.29, 1.82) is 0 Å². The first-order chi connectivity index (χ1) is 14.2. The summed E-state index contributed by atoms with van der Waals surface area (Å²) in [5, 5.41) is 3.80. The van der Waals surface area contributed by atoms with Crippen molar-refractivity contribution in [3.63, 3.8) is 0 Å². The van der Waals surface area contributed by atoms with Crippen molar-refractivity contribution in [2.45, 2.75) is 59.1 Å². The number of rotatable bonds is 6. The first kappa shape index (κ1) is 21.9. The van der Waals surface area contributed by atoms with Gasteiger partial charge in [-0.3, -0.25) is 4.79 Å². The highest BCUT2D eigenvalue weighted by Gasteiger charge is 2.30. The highest BCUT2D eigenvalue weighted by atomic mass is 16.6. The van der Waals surface area contributed by atoms with E-state index in [-0.39, 0.29) is 18.6 Å². The molecule has 7 nitrogen and oxygen atoms in total. The van der Waals surface area contributed by atoms with Gasteiger partial charge in [0.25, 0.3) is 5.91 Å². The van der Waals surface area contributed by atoms with Crippen LogP contribution in [-0.2, 0) is 14.3 Å². The molecule has 1 aromatic heterocycles. The largest absolute Gasteiger partial charge is 0.482 e. The van der Waals surface area contributed by atoms with Crippen LogP contribution in [0.5, 0.6) is 5.75 Å². The molecule has 1 heterocycles. The number of carbonyl (C=O) groups excluding carboxylic acids is 2. The lowest BCUT2D eigenvalue weighted by molar-refractivity contribution is -0.157. The zero-order chi connectivity index (χ0) is 21.8. The fourth-order valence-corrected chi connectivity index (χ4v) is 3.91. The Morgan fingerprint density at radius 3 is 2.77 bits per heavy atom. The summed E-state index contributed by atoms with van der Waals surface area (Å²) in [5.41, 5.74) is 0.737. The summed E-state index contributed by atoms with van der Waals surface area (Å²) < 4.78 is 15.8. The fourth-order valence-electron chi connectivity index (χ4n) is 3.91.